The lowest BCUT2D eigenvalue weighted by molar-refractivity contribution is -0.192. The number of carboxylic acids is 1. The second-order valence-electron chi connectivity index (χ2n) is 9.78. The van der Waals surface area contributed by atoms with Crippen molar-refractivity contribution >= 4 is 18.0 Å². The third-order valence-electron chi connectivity index (χ3n) is 7.74. The topological polar surface area (TPSA) is 123 Å². The van der Waals surface area contributed by atoms with Crippen LogP contribution in [-0.4, -0.2) is 54.5 Å². The summed E-state index contributed by atoms with van der Waals surface area (Å²) in [7, 11) is 0. The summed E-state index contributed by atoms with van der Waals surface area (Å²) in [6.07, 6.45) is -0.371. The van der Waals surface area contributed by atoms with E-state index in [0.29, 0.717) is 13.0 Å². The summed E-state index contributed by atoms with van der Waals surface area (Å²) in [4.78, 5) is 42.0. The van der Waals surface area contributed by atoms with Crippen molar-refractivity contribution in [2.45, 2.75) is 37.8 Å². The number of carbonyl (C=O) groups excluding carboxylic acids is 2. The van der Waals surface area contributed by atoms with Crippen molar-refractivity contribution in [2.24, 2.45) is 11.3 Å². The number of nitrogens with one attached hydrogen (secondary N) is 2. The van der Waals surface area contributed by atoms with Gasteiger partial charge in [0.15, 0.2) is 6.61 Å². The van der Waals surface area contributed by atoms with Gasteiger partial charge in [0.2, 0.25) is 0 Å². The predicted octanol–water partition coefficient (Wildman–Crippen LogP) is 2.84. The first-order chi connectivity index (χ1) is 16.8. The monoisotopic (exact) mass is 480 g/mol. The van der Waals surface area contributed by atoms with E-state index in [0.717, 1.165) is 22.3 Å². The Kier molecular flexibility index (Phi) is 5.77. The molecule has 5 rings (SSSR count). The van der Waals surface area contributed by atoms with E-state index in [2.05, 4.69) is 22.9 Å². The fraction of sp³-hybridized carbons (Fsp3) is 0.423. The van der Waals surface area contributed by atoms with Gasteiger partial charge >= 0.3 is 12.1 Å². The highest BCUT2D eigenvalue weighted by molar-refractivity contribution is 5.93. The molecule has 9 heteroatoms. The van der Waals surface area contributed by atoms with Gasteiger partial charge in [-0.15, -0.1) is 0 Å². The molecule has 3 unspecified atom stereocenters. The van der Waals surface area contributed by atoms with Crippen molar-refractivity contribution in [3.63, 3.8) is 0 Å². The molecule has 2 amide bonds. The molecule has 184 valence electrons. The SMILES string of the molecule is CC1(C)C2OCCC2C1(NC(=O)OCC1c2ccccc2-c2ccccc21)C(=O)NOCC(=O)O. The first-order valence-corrected chi connectivity index (χ1v) is 11.7. The van der Waals surface area contributed by atoms with Gasteiger partial charge in [-0.2, -0.15) is 0 Å². The van der Waals surface area contributed by atoms with Crippen LogP contribution in [0.25, 0.3) is 11.1 Å². The van der Waals surface area contributed by atoms with Crippen LogP contribution >= 0.6 is 0 Å². The summed E-state index contributed by atoms with van der Waals surface area (Å²) in [5.41, 5.74) is 4.49. The fourth-order valence-electron chi connectivity index (χ4n) is 6.16. The van der Waals surface area contributed by atoms with Crippen LogP contribution in [0, 0.1) is 11.3 Å². The molecule has 0 bridgehead atoms. The second-order valence-corrected chi connectivity index (χ2v) is 9.78. The summed E-state index contributed by atoms with van der Waals surface area (Å²) >= 11 is 0. The summed E-state index contributed by atoms with van der Waals surface area (Å²) < 4.78 is 11.5. The Bertz CT molecular complexity index is 1130. The number of hydrogen-bond acceptors (Lipinski definition) is 6. The van der Waals surface area contributed by atoms with Crippen LogP contribution in [0.15, 0.2) is 48.5 Å². The van der Waals surface area contributed by atoms with Crippen molar-refractivity contribution in [1.82, 2.24) is 10.8 Å². The Morgan fingerprint density at radius 1 is 1.06 bits per heavy atom. The zero-order chi connectivity index (χ0) is 24.8. The average Bonchev–Trinajstić information content (AvgIpc) is 3.43. The number of carboxylic acid groups (broad SMARTS) is 1. The molecule has 0 radical (unpaired) electrons. The number of carbonyl (C=O) groups is 3. The summed E-state index contributed by atoms with van der Waals surface area (Å²) in [6, 6.07) is 16.1. The Morgan fingerprint density at radius 2 is 1.69 bits per heavy atom. The second kappa shape index (κ2) is 8.66. The smallest absolute Gasteiger partial charge is 0.408 e. The Balaban J connectivity index is 1.33. The number of aliphatic carboxylic acids is 1. The minimum absolute atomic E-state index is 0.109. The molecule has 3 atom stereocenters. The lowest BCUT2D eigenvalue weighted by atomic mass is 9.47. The Hall–Kier alpha value is -3.43. The maximum atomic E-state index is 13.3. The minimum Gasteiger partial charge on any atom is -0.479 e. The van der Waals surface area contributed by atoms with Crippen LogP contribution in [-0.2, 0) is 23.9 Å². The molecule has 9 nitrogen and oxygen atoms in total. The van der Waals surface area contributed by atoms with Crippen molar-refractivity contribution in [2.75, 3.05) is 19.8 Å². The number of rotatable bonds is 7. The van der Waals surface area contributed by atoms with Gasteiger partial charge in [-0.1, -0.05) is 62.4 Å². The molecule has 2 aromatic rings. The molecule has 1 saturated carbocycles. The van der Waals surface area contributed by atoms with E-state index in [1.165, 1.54) is 0 Å². The van der Waals surface area contributed by atoms with Crippen LogP contribution in [0.3, 0.4) is 0 Å². The first-order valence-electron chi connectivity index (χ1n) is 11.7. The Morgan fingerprint density at radius 3 is 2.31 bits per heavy atom. The minimum atomic E-state index is -1.37. The number of hydroxylamine groups is 1. The van der Waals surface area contributed by atoms with Crippen molar-refractivity contribution in [1.29, 1.82) is 0 Å². The van der Waals surface area contributed by atoms with Crippen molar-refractivity contribution in [3.8, 4) is 11.1 Å². The third-order valence-corrected chi connectivity index (χ3v) is 7.74. The number of fused-ring (bicyclic) bond motifs is 4. The van der Waals surface area contributed by atoms with Gasteiger partial charge < -0.3 is 19.9 Å². The van der Waals surface area contributed by atoms with Gasteiger partial charge in [-0.05, 0) is 28.7 Å². The van der Waals surface area contributed by atoms with Crippen LogP contribution < -0.4 is 10.8 Å². The van der Waals surface area contributed by atoms with E-state index in [1.54, 1.807) is 0 Å². The average molecular weight is 481 g/mol. The first kappa shape index (κ1) is 23.3. The quantitative estimate of drug-likeness (QED) is 0.521. The van der Waals surface area contributed by atoms with Crippen LogP contribution in [0.4, 0.5) is 4.79 Å². The molecular formula is C26H28N2O7. The van der Waals surface area contributed by atoms with Gasteiger partial charge in [-0.3, -0.25) is 9.63 Å². The summed E-state index contributed by atoms with van der Waals surface area (Å²) in [5, 5.41) is 11.6. The van der Waals surface area contributed by atoms with Crippen LogP contribution in [0.2, 0.25) is 0 Å². The molecule has 2 aromatic carbocycles. The fourth-order valence-corrected chi connectivity index (χ4v) is 6.16. The highest BCUT2D eigenvalue weighted by Crippen LogP contribution is 2.59. The molecule has 1 saturated heterocycles. The number of alkyl carbamates (subject to hydrolysis) is 1. The zero-order valence-electron chi connectivity index (χ0n) is 19.6. The van der Waals surface area contributed by atoms with Gasteiger partial charge in [-0.25, -0.2) is 15.1 Å². The van der Waals surface area contributed by atoms with Crippen LogP contribution in [0.5, 0.6) is 0 Å². The van der Waals surface area contributed by atoms with E-state index >= 15 is 0 Å². The normalized spacial score (nSPS) is 25.5. The molecule has 1 aliphatic heterocycles. The van der Waals surface area contributed by atoms with Crippen molar-refractivity contribution < 1.29 is 33.8 Å². The van der Waals surface area contributed by atoms with Gasteiger partial charge in [0.25, 0.3) is 5.91 Å². The van der Waals surface area contributed by atoms with Crippen molar-refractivity contribution in [3.05, 3.63) is 59.7 Å². The molecule has 0 aromatic heterocycles. The van der Waals surface area contributed by atoms with E-state index in [1.807, 2.05) is 50.2 Å². The maximum Gasteiger partial charge on any atom is 0.408 e. The lowest BCUT2D eigenvalue weighted by Gasteiger charge is -2.61. The van der Waals surface area contributed by atoms with E-state index in [-0.39, 0.29) is 24.5 Å². The molecular weight excluding hydrogens is 452 g/mol. The van der Waals surface area contributed by atoms with Gasteiger partial charge in [0.1, 0.15) is 12.1 Å². The van der Waals surface area contributed by atoms with Crippen LogP contribution in [0.1, 0.15) is 37.3 Å². The third kappa shape index (κ3) is 3.57. The maximum absolute atomic E-state index is 13.3. The molecule has 3 aliphatic rings. The lowest BCUT2D eigenvalue weighted by Crippen LogP contribution is -2.82. The zero-order valence-corrected chi connectivity index (χ0v) is 19.6. The molecule has 2 aliphatic carbocycles. The molecule has 2 fully saturated rings. The summed E-state index contributed by atoms with van der Waals surface area (Å²) in [6.45, 7) is 3.55. The van der Waals surface area contributed by atoms with E-state index in [9.17, 15) is 14.4 Å². The highest BCUT2D eigenvalue weighted by atomic mass is 16.7. The molecule has 3 N–H and O–H groups in total. The van der Waals surface area contributed by atoms with E-state index in [4.69, 9.17) is 19.4 Å². The van der Waals surface area contributed by atoms with Gasteiger partial charge in [0, 0.05) is 23.9 Å². The number of amides is 2. The Labute approximate surface area is 202 Å². The summed E-state index contributed by atoms with van der Waals surface area (Å²) in [5.74, 6) is -2.25. The van der Waals surface area contributed by atoms with E-state index < -0.39 is 35.5 Å². The molecule has 0 spiro atoms. The number of hydrogen-bond donors (Lipinski definition) is 3. The predicted molar refractivity (Wildman–Crippen MR) is 124 cm³/mol. The largest absolute Gasteiger partial charge is 0.479 e. The molecule has 1 heterocycles. The number of ether oxygens (including phenoxy) is 2. The standard InChI is InChI=1S/C26H28N2O7/c1-25(2)22-20(11-12-33-22)26(25,23(31)28-35-14-21(29)30)27-24(32)34-13-19-17-9-5-3-7-15(17)16-8-4-6-10-18(16)19/h3-10,19-20,22H,11-14H2,1-2H3,(H,27,32)(H,28,31)(H,29,30). The molecule has 35 heavy (non-hydrogen) atoms. The van der Waals surface area contributed by atoms with Gasteiger partial charge in [0.05, 0.1) is 6.10 Å². The number of benzene rings is 2. The highest BCUT2D eigenvalue weighted by Gasteiger charge is 2.74.